The third kappa shape index (κ3) is 3.15. The lowest BCUT2D eigenvalue weighted by molar-refractivity contribution is -0.130. The van der Waals surface area contributed by atoms with Crippen LogP contribution in [0.3, 0.4) is 0 Å². The van der Waals surface area contributed by atoms with Gasteiger partial charge in [-0.15, -0.1) is 0 Å². The highest BCUT2D eigenvalue weighted by Crippen LogP contribution is 2.14. The summed E-state index contributed by atoms with van der Waals surface area (Å²) in [4.78, 5) is 13.3. The first-order valence-corrected chi connectivity index (χ1v) is 5.47. The molecule has 0 bridgehead atoms. The Kier molecular flexibility index (Phi) is 4.50. The number of nitrogens with zero attached hydrogens (tertiary/aromatic N) is 1. The zero-order valence-electron chi connectivity index (χ0n) is 9.48. The van der Waals surface area contributed by atoms with E-state index in [0.29, 0.717) is 13.1 Å². The number of hydrogen-bond acceptors (Lipinski definition) is 4. The van der Waals surface area contributed by atoms with Crippen LogP contribution >= 0.6 is 0 Å². The quantitative estimate of drug-likeness (QED) is 0.649. The summed E-state index contributed by atoms with van der Waals surface area (Å²) < 4.78 is 5.62. The first kappa shape index (κ1) is 12.4. The standard InChI is InChI=1S/C10H21N3O2/c1-3-9(10(12)14)13-5-7(2)15-8(4-11)6-13/h7-9H,3-6,11H2,1-2H3,(H2,12,14). The lowest BCUT2D eigenvalue weighted by Gasteiger charge is -2.39. The molecule has 1 amide bonds. The molecular formula is C10H21N3O2. The number of rotatable bonds is 4. The van der Waals surface area contributed by atoms with Crippen LogP contribution in [0.2, 0.25) is 0 Å². The monoisotopic (exact) mass is 215 g/mol. The molecule has 1 fully saturated rings. The highest BCUT2D eigenvalue weighted by molar-refractivity contribution is 5.79. The molecular weight excluding hydrogens is 194 g/mol. The maximum atomic E-state index is 11.2. The van der Waals surface area contributed by atoms with Gasteiger partial charge in [0.25, 0.3) is 0 Å². The van der Waals surface area contributed by atoms with E-state index < -0.39 is 0 Å². The van der Waals surface area contributed by atoms with Crippen LogP contribution in [0.15, 0.2) is 0 Å². The van der Waals surface area contributed by atoms with Crippen molar-refractivity contribution in [3.8, 4) is 0 Å². The van der Waals surface area contributed by atoms with Crippen molar-refractivity contribution in [3.63, 3.8) is 0 Å². The van der Waals surface area contributed by atoms with Crippen LogP contribution in [0, 0.1) is 0 Å². The van der Waals surface area contributed by atoms with Crippen LogP contribution in [-0.2, 0) is 9.53 Å². The fourth-order valence-corrected chi connectivity index (χ4v) is 2.10. The van der Waals surface area contributed by atoms with Crippen molar-refractivity contribution in [1.29, 1.82) is 0 Å². The average Bonchev–Trinajstić information content (AvgIpc) is 2.17. The van der Waals surface area contributed by atoms with Gasteiger partial charge in [-0.2, -0.15) is 0 Å². The van der Waals surface area contributed by atoms with Gasteiger partial charge in [0.2, 0.25) is 5.91 Å². The SMILES string of the molecule is CCC(C(N)=O)N1CC(C)OC(CN)C1. The average molecular weight is 215 g/mol. The molecule has 0 aromatic heterocycles. The minimum absolute atomic E-state index is 0.0159. The predicted molar refractivity (Wildman–Crippen MR) is 58.2 cm³/mol. The van der Waals surface area contributed by atoms with Crippen molar-refractivity contribution in [1.82, 2.24) is 4.90 Å². The summed E-state index contributed by atoms with van der Waals surface area (Å²) in [5, 5.41) is 0. The molecule has 1 heterocycles. The van der Waals surface area contributed by atoms with Gasteiger partial charge in [-0.3, -0.25) is 9.69 Å². The second kappa shape index (κ2) is 5.44. The van der Waals surface area contributed by atoms with E-state index in [4.69, 9.17) is 16.2 Å². The molecule has 3 unspecified atom stereocenters. The summed E-state index contributed by atoms with van der Waals surface area (Å²) in [6.45, 7) is 5.88. The molecule has 0 radical (unpaired) electrons. The molecule has 1 aliphatic heterocycles. The number of morpholine rings is 1. The molecule has 0 aliphatic carbocycles. The second-order valence-electron chi connectivity index (χ2n) is 4.08. The zero-order valence-corrected chi connectivity index (χ0v) is 9.48. The summed E-state index contributed by atoms with van der Waals surface area (Å²) >= 11 is 0. The summed E-state index contributed by atoms with van der Waals surface area (Å²) in [5.41, 5.74) is 10.9. The molecule has 5 nitrogen and oxygen atoms in total. The minimum atomic E-state index is -0.262. The lowest BCUT2D eigenvalue weighted by Crippen LogP contribution is -2.56. The molecule has 0 saturated carbocycles. The maximum Gasteiger partial charge on any atom is 0.234 e. The molecule has 1 aliphatic rings. The van der Waals surface area contributed by atoms with Crippen molar-refractivity contribution in [2.45, 2.75) is 38.5 Å². The van der Waals surface area contributed by atoms with E-state index in [9.17, 15) is 4.79 Å². The van der Waals surface area contributed by atoms with E-state index in [1.807, 2.05) is 13.8 Å². The number of primary amides is 1. The molecule has 88 valence electrons. The number of ether oxygens (including phenoxy) is 1. The third-order valence-electron chi connectivity index (χ3n) is 2.77. The molecule has 4 N–H and O–H groups in total. The summed E-state index contributed by atoms with van der Waals surface area (Å²) in [5.74, 6) is -0.262. The molecule has 1 saturated heterocycles. The molecule has 15 heavy (non-hydrogen) atoms. The van der Waals surface area contributed by atoms with Crippen molar-refractivity contribution in [2.24, 2.45) is 11.5 Å². The topological polar surface area (TPSA) is 81.6 Å². The van der Waals surface area contributed by atoms with Crippen molar-refractivity contribution >= 4 is 5.91 Å². The van der Waals surface area contributed by atoms with Crippen molar-refractivity contribution < 1.29 is 9.53 Å². The Labute approximate surface area is 90.7 Å². The molecule has 5 heteroatoms. The largest absolute Gasteiger partial charge is 0.371 e. The van der Waals surface area contributed by atoms with E-state index >= 15 is 0 Å². The van der Waals surface area contributed by atoms with Crippen LogP contribution in [-0.4, -0.2) is 48.7 Å². The van der Waals surface area contributed by atoms with Crippen LogP contribution in [0.1, 0.15) is 20.3 Å². The number of carbonyl (C=O) groups is 1. The summed E-state index contributed by atoms with van der Waals surface area (Å²) in [6.07, 6.45) is 0.863. The molecule has 0 aromatic carbocycles. The van der Waals surface area contributed by atoms with Crippen LogP contribution in [0.25, 0.3) is 0 Å². The maximum absolute atomic E-state index is 11.2. The van der Waals surface area contributed by atoms with Crippen LogP contribution < -0.4 is 11.5 Å². The Balaban J connectivity index is 2.63. The van der Waals surface area contributed by atoms with Gasteiger partial charge < -0.3 is 16.2 Å². The summed E-state index contributed by atoms with van der Waals surface area (Å²) in [7, 11) is 0. The zero-order chi connectivity index (χ0) is 11.4. The van der Waals surface area contributed by atoms with Crippen LogP contribution in [0.4, 0.5) is 0 Å². The Hall–Kier alpha value is -0.650. The fourth-order valence-electron chi connectivity index (χ4n) is 2.10. The van der Waals surface area contributed by atoms with Gasteiger partial charge in [0.05, 0.1) is 18.2 Å². The van der Waals surface area contributed by atoms with E-state index in [0.717, 1.165) is 13.0 Å². The fraction of sp³-hybridized carbons (Fsp3) is 0.900. The Bertz CT molecular complexity index is 223. The predicted octanol–water partition coefficient (Wildman–Crippen LogP) is -0.702. The van der Waals surface area contributed by atoms with Gasteiger partial charge >= 0.3 is 0 Å². The summed E-state index contributed by atoms with van der Waals surface area (Å²) in [6, 6.07) is -0.189. The smallest absolute Gasteiger partial charge is 0.234 e. The van der Waals surface area contributed by atoms with Gasteiger partial charge in [0, 0.05) is 19.6 Å². The van der Waals surface area contributed by atoms with Gasteiger partial charge in [0.15, 0.2) is 0 Å². The Morgan fingerprint density at radius 1 is 1.60 bits per heavy atom. The Morgan fingerprint density at radius 2 is 2.27 bits per heavy atom. The lowest BCUT2D eigenvalue weighted by atomic mass is 10.1. The highest BCUT2D eigenvalue weighted by Gasteiger charge is 2.30. The molecule has 0 spiro atoms. The van der Waals surface area contributed by atoms with E-state index in [2.05, 4.69) is 4.90 Å². The van der Waals surface area contributed by atoms with Crippen LogP contribution in [0.5, 0.6) is 0 Å². The van der Waals surface area contributed by atoms with Gasteiger partial charge in [-0.05, 0) is 13.3 Å². The van der Waals surface area contributed by atoms with Crippen molar-refractivity contribution in [2.75, 3.05) is 19.6 Å². The van der Waals surface area contributed by atoms with Crippen molar-refractivity contribution in [3.05, 3.63) is 0 Å². The van der Waals surface area contributed by atoms with E-state index in [1.54, 1.807) is 0 Å². The Morgan fingerprint density at radius 3 is 2.73 bits per heavy atom. The number of nitrogens with two attached hydrogens (primary N) is 2. The number of amides is 1. The van der Waals surface area contributed by atoms with Gasteiger partial charge in [0.1, 0.15) is 0 Å². The minimum Gasteiger partial charge on any atom is -0.371 e. The van der Waals surface area contributed by atoms with Gasteiger partial charge in [-0.1, -0.05) is 6.92 Å². The van der Waals surface area contributed by atoms with E-state index in [-0.39, 0.29) is 24.2 Å². The highest BCUT2D eigenvalue weighted by atomic mass is 16.5. The molecule has 1 rings (SSSR count). The molecule has 0 aromatic rings. The first-order valence-electron chi connectivity index (χ1n) is 5.47. The van der Waals surface area contributed by atoms with E-state index in [1.165, 1.54) is 0 Å². The van der Waals surface area contributed by atoms with Gasteiger partial charge in [-0.25, -0.2) is 0 Å². The third-order valence-corrected chi connectivity index (χ3v) is 2.77. The molecule has 3 atom stereocenters. The number of carbonyl (C=O) groups excluding carboxylic acids is 1. The second-order valence-corrected chi connectivity index (χ2v) is 4.08. The first-order chi connectivity index (χ1) is 7.08. The number of hydrogen-bond donors (Lipinski definition) is 2. The normalized spacial score (nSPS) is 30.1.